The van der Waals surface area contributed by atoms with Gasteiger partial charge in [-0.2, -0.15) is 8.42 Å². The van der Waals surface area contributed by atoms with Crippen LogP contribution >= 0.6 is 0 Å². The van der Waals surface area contributed by atoms with E-state index in [1.807, 2.05) is 6.07 Å². The molecule has 0 radical (unpaired) electrons. The number of aryl methyl sites for hydroxylation is 2. The van der Waals surface area contributed by atoms with Gasteiger partial charge in [-0.15, -0.1) is 0 Å². The summed E-state index contributed by atoms with van der Waals surface area (Å²) in [6, 6.07) is 40.7. The average molecular weight is 647 g/mol. The van der Waals surface area contributed by atoms with Crippen molar-refractivity contribution in [2.75, 3.05) is 22.9 Å². The monoisotopic (exact) mass is 646 g/mol. The highest BCUT2D eigenvalue weighted by Crippen LogP contribution is 2.38. The lowest BCUT2D eigenvalue weighted by molar-refractivity contribution is 0.482. The Bertz CT molecular complexity index is 1730. The van der Waals surface area contributed by atoms with Crippen LogP contribution in [0.3, 0.4) is 0 Å². The minimum Gasteiger partial charge on any atom is -0.341 e. The standard InChI is InChI=1S/C41H46N2O3S/c1-5-7-29-42(35-21-13-31(3)14-22-35)37-25-17-33(18-26-37)41(39-11-9-10-12-40(39)47(44,45)46)34-19-27-38(28-20-34)43(30-8-6-2)36-23-15-32(4)16-24-36/h9-28,41H,5-8,29-30H2,1-4H3,(H,44,45,46). The van der Waals surface area contributed by atoms with E-state index in [0.29, 0.717) is 5.56 Å². The smallest absolute Gasteiger partial charge is 0.294 e. The summed E-state index contributed by atoms with van der Waals surface area (Å²) in [6.07, 6.45) is 4.30. The highest BCUT2D eigenvalue weighted by Gasteiger charge is 2.25. The lowest BCUT2D eigenvalue weighted by atomic mass is 9.85. The minimum absolute atomic E-state index is 0.0772. The van der Waals surface area contributed by atoms with Crippen LogP contribution in [0.4, 0.5) is 22.7 Å². The summed E-state index contributed by atoms with van der Waals surface area (Å²) in [4.78, 5) is 4.59. The Kier molecular flexibility index (Phi) is 11.2. The van der Waals surface area contributed by atoms with Crippen molar-refractivity contribution in [2.45, 2.75) is 64.2 Å². The molecule has 47 heavy (non-hydrogen) atoms. The maximum absolute atomic E-state index is 12.6. The molecule has 0 unspecified atom stereocenters. The molecule has 0 aliphatic carbocycles. The second-order valence-corrected chi connectivity index (χ2v) is 13.7. The van der Waals surface area contributed by atoms with Gasteiger partial charge >= 0.3 is 0 Å². The zero-order valence-corrected chi connectivity index (χ0v) is 28.7. The van der Waals surface area contributed by atoms with Crippen molar-refractivity contribution in [1.29, 1.82) is 0 Å². The lowest BCUT2D eigenvalue weighted by Gasteiger charge is -2.27. The van der Waals surface area contributed by atoms with E-state index in [1.54, 1.807) is 12.1 Å². The van der Waals surface area contributed by atoms with Gasteiger partial charge in [-0.05, 0) is 98.0 Å². The Morgan fingerprint density at radius 1 is 0.553 bits per heavy atom. The Hall–Kier alpha value is -4.39. The molecule has 1 N–H and O–H groups in total. The van der Waals surface area contributed by atoms with Gasteiger partial charge in [0.25, 0.3) is 10.1 Å². The van der Waals surface area contributed by atoms with Gasteiger partial charge in [-0.1, -0.05) is 105 Å². The quantitative estimate of drug-likeness (QED) is 0.0961. The van der Waals surface area contributed by atoms with Gasteiger partial charge in [0.15, 0.2) is 0 Å². The fraction of sp³-hybridized carbons (Fsp3) is 0.268. The molecule has 0 bridgehead atoms. The summed E-state index contributed by atoms with van der Waals surface area (Å²) in [6.45, 7) is 10.4. The van der Waals surface area contributed by atoms with E-state index in [-0.39, 0.29) is 4.90 Å². The summed E-state index contributed by atoms with van der Waals surface area (Å²) in [5.41, 5.74) is 9.30. The number of benzene rings is 5. The second-order valence-electron chi connectivity index (χ2n) is 12.3. The van der Waals surface area contributed by atoms with Crippen LogP contribution in [0, 0.1) is 13.8 Å². The first-order valence-corrected chi connectivity index (χ1v) is 18.1. The van der Waals surface area contributed by atoms with Gasteiger partial charge in [0.05, 0.1) is 4.90 Å². The first kappa shape index (κ1) is 34.0. The zero-order chi connectivity index (χ0) is 33.4. The molecule has 0 spiro atoms. The molecule has 0 saturated heterocycles. The minimum atomic E-state index is -4.45. The highest BCUT2D eigenvalue weighted by atomic mass is 32.2. The molecule has 0 aromatic heterocycles. The van der Waals surface area contributed by atoms with Gasteiger partial charge < -0.3 is 9.80 Å². The zero-order valence-electron chi connectivity index (χ0n) is 27.9. The molecule has 5 aromatic rings. The third-order valence-electron chi connectivity index (χ3n) is 8.75. The van der Waals surface area contributed by atoms with E-state index in [1.165, 1.54) is 17.2 Å². The normalized spacial score (nSPS) is 11.5. The molecule has 0 aliphatic rings. The Balaban J connectivity index is 1.57. The van der Waals surface area contributed by atoms with Crippen LogP contribution in [0.15, 0.2) is 126 Å². The van der Waals surface area contributed by atoms with Gasteiger partial charge in [-0.3, -0.25) is 4.55 Å². The molecule has 0 fully saturated rings. The number of rotatable bonds is 14. The van der Waals surface area contributed by atoms with E-state index < -0.39 is 16.0 Å². The summed E-state index contributed by atoms with van der Waals surface area (Å²) in [5, 5.41) is 0. The van der Waals surface area contributed by atoms with Gasteiger partial charge in [0.1, 0.15) is 0 Å². The third-order valence-corrected chi connectivity index (χ3v) is 9.67. The predicted molar refractivity (Wildman–Crippen MR) is 196 cm³/mol. The SMILES string of the molecule is CCCCN(c1ccc(C)cc1)c1ccc(C(c2ccc(N(CCCC)c3ccc(C)cc3)cc2)c2ccccc2S(=O)(=O)O)cc1. The lowest BCUT2D eigenvalue weighted by Crippen LogP contribution is -2.19. The largest absolute Gasteiger partial charge is 0.341 e. The average Bonchev–Trinajstić information content (AvgIpc) is 3.08. The van der Waals surface area contributed by atoms with Crippen molar-refractivity contribution in [3.8, 4) is 0 Å². The van der Waals surface area contributed by atoms with Gasteiger partial charge in [0, 0.05) is 41.8 Å². The first-order chi connectivity index (χ1) is 22.7. The molecule has 0 heterocycles. The molecule has 5 rings (SSSR count). The summed E-state index contributed by atoms with van der Waals surface area (Å²) < 4.78 is 35.5. The van der Waals surface area contributed by atoms with Crippen molar-refractivity contribution < 1.29 is 13.0 Å². The van der Waals surface area contributed by atoms with Gasteiger partial charge in [-0.25, -0.2) is 0 Å². The van der Waals surface area contributed by atoms with Crippen molar-refractivity contribution in [1.82, 2.24) is 0 Å². The van der Waals surface area contributed by atoms with Crippen molar-refractivity contribution >= 4 is 32.9 Å². The molecule has 5 nitrogen and oxygen atoms in total. The third kappa shape index (κ3) is 8.31. The molecule has 0 aliphatic heterocycles. The van der Waals surface area contributed by atoms with E-state index in [2.05, 4.69) is 135 Å². The molecular formula is C41H46N2O3S. The van der Waals surface area contributed by atoms with Crippen LogP contribution in [0.25, 0.3) is 0 Å². The Morgan fingerprint density at radius 2 is 0.915 bits per heavy atom. The fourth-order valence-corrected chi connectivity index (χ4v) is 6.83. The predicted octanol–water partition coefficient (Wildman–Crippen LogP) is 10.6. The van der Waals surface area contributed by atoms with Crippen LogP contribution in [0.1, 0.15) is 73.3 Å². The Morgan fingerprint density at radius 3 is 1.28 bits per heavy atom. The van der Waals surface area contributed by atoms with Crippen LogP contribution < -0.4 is 9.80 Å². The number of hydrogen-bond acceptors (Lipinski definition) is 4. The molecule has 6 heteroatoms. The Labute approximate surface area is 281 Å². The van der Waals surface area contributed by atoms with Crippen molar-refractivity contribution in [2.24, 2.45) is 0 Å². The molecule has 244 valence electrons. The fourth-order valence-electron chi connectivity index (χ4n) is 6.10. The van der Waals surface area contributed by atoms with Crippen LogP contribution in [-0.2, 0) is 10.1 Å². The van der Waals surface area contributed by atoms with Crippen LogP contribution in [0.2, 0.25) is 0 Å². The molecule has 0 saturated carbocycles. The number of unbranched alkanes of at least 4 members (excludes halogenated alkanes) is 2. The molecule has 0 atom stereocenters. The molecule has 5 aromatic carbocycles. The van der Waals surface area contributed by atoms with Crippen molar-refractivity contribution in [3.63, 3.8) is 0 Å². The summed E-state index contributed by atoms with van der Waals surface area (Å²) >= 11 is 0. The molecule has 0 amide bonds. The van der Waals surface area contributed by atoms with Crippen LogP contribution in [-0.4, -0.2) is 26.1 Å². The highest BCUT2D eigenvalue weighted by molar-refractivity contribution is 7.85. The maximum Gasteiger partial charge on any atom is 0.294 e. The molecular weight excluding hydrogens is 601 g/mol. The van der Waals surface area contributed by atoms with E-state index in [9.17, 15) is 13.0 Å². The number of nitrogens with zero attached hydrogens (tertiary/aromatic N) is 2. The summed E-state index contributed by atoms with van der Waals surface area (Å²) in [7, 11) is -4.45. The van der Waals surface area contributed by atoms with E-state index in [4.69, 9.17) is 0 Å². The second kappa shape index (κ2) is 15.5. The van der Waals surface area contributed by atoms with Crippen molar-refractivity contribution in [3.05, 3.63) is 149 Å². The topological polar surface area (TPSA) is 60.9 Å². The van der Waals surface area contributed by atoms with E-state index >= 15 is 0 Å². The number of hydrogen-bond donors (Lipinski definition) is 1. The summed E-state index contributed by atoms with van der Waals surface area (Å²) in [5.74, 6) is -0.414. The first-order valence-electron chi connectivity index (χ1n) is 16.6. The maximum atomic E-state index is 12.6. The van der Waals surface area contributed by atoms with Gasteiger partial charge in [0.2, 0.25) is 0 Å². The number of anilines is 4. The van der Waals surface area contributed by atoms with Crippen LogP contribution in [0.5, 0.6) is 0 Å². The van der Waals surface area contributed by atoms with E-state index in [0.717, 1.165) is 72.6 Å².